The number of hydrogen-bond donors (Lipinski definition) is 3. The van der Waals surface area contributed by atoms with E-state index in [1.807, 2.05) is 0 Å². The molecule has 0 unspecified atom stereocenters. The van der Waals surface area contributed by atoms with Crippen molar-refractivity contribution in [2.24, 2.45) is 5.92 Å². The van der Waals surface area contributed by atoms with Gasteiger partial charge in [0, 0.05) is 24.7 Å². The first-order chi connectivity index (χ1) is 11.0. The van der Waals surface area contributed by atoms with Crippen molar-refractivity contribution in [2.75, 3.05) is 17.7 Å². The fraction of sp³-hybridized carbons (Fsp3) is 0.529. The Kier molecular flexibility index (Phi) is 5.84. The van der Waals surface area contributed by atoms with Crippen molar-refractivity contribution < 1.29 is 14.3 Å². The minimum absolute atomic E-state index is 0.173. The van der Waals surface area contributed by atoms with E-state index in [9.17, 15) is 9.59 Å². The standard InChI is InChI=1S/C17H25N3O3/c1-11-4-6-13(7-5-11)19-17(22)20-14-8-9-15(18-12(2)21)16(10-14)23-3/h8-11,13H,4-7H2,1-3H3,(H,18,21)(H2,19,20,22). The molecular formula is C17H25N3O3. The van der Waals surface area contributed by atoms with Crippen molar-refractivity contribution in [2.45, 2.75) is 45.6 Å². The number of anilines is 2. The van der Waals surface area contributed by atoms with Gasteiger partial charge in [0.25, 0.3) is 0 Å². The van der Waals surface area contributed by atoms with Crippen LogP contribution in [0.4, 0.5) is 16.2 Å². The van der Waals surface area contributed by atoms with Crippen LogP contribution in [0.2, 0.25) is 0 Å². The normalized spacial score (nSPS) is 20.5. The third-order valence-electron chi connectivity index (χ3n) is 4.12. The molecule has 1 aromatic carbocycles. The quantitative estimate of drug-likeness (QED) is 0.796. The third kappa shape index (κ3) is 5.16. The molecule has 23 heavy (non-hydrogen) atoms. The van der Waals surface area contributed by atoms with Crippen LogP contribution in [-0.2, 0) is 4.79 Å². The zero-order valence-electron chi connectivity index (χ0n) is 13.9. The number of ether oxygens (including phenoxy) is 1. The van der Waals surface area contributed by atoms with Crippen LogP contribution in [0, 0.1) is 5.92 Å². The molecule has 0 atom stereocenters. The van der Waals surface area contributed by atoms with E-state index in [0.717, 1.165) is 31.6 Å². The molecule has 1 aromatic rings. The Labute approximate surface area is 137 Å². The van der Waals surface area contributed by atoms with Crippen molar-refractivity contribution in [3.8, 4) is 5.75 Å². The topological polar surface area (TPSA) is 79.5 Å². The van der Waals surface area contributed by atoms with E-state index in [1.165, 1.54) is 14.0 Å². The van der Waals surface area contributed by atoms with Crippen molar-refractivity contribution in [1.82, 2.24) is 5.32 Å². The number of methoxy groups -OCH3 is 1. The van der Waals surface area contributed by atoms with Gasteiger partial charge in [-0.1, -0.05) is 6.92 Å². The second-order valence-corrected chi connectivity index (χ2v) is 6.15. The fourth-order valence-electron chi connectivity index (χ4n) is 2.82. The molecular weight excluding hydrogens is 294 g/mol. The van der Waals surface area contributed by atoms with E-state index >= 15 is 0 Å². The predicted molar refractivity (Wildman–Crippen MR) is 90.9 cm³/mol. The van der Waals surface area contributed by atoms with Gasteiger partial charge in [0.05, 0.1) is 12.8 Å². The first kappa shape index (κ1) is 17.1. The van der Waals surface area contributed by atoms with Crippen LogP contribution < -0.4 is 20.7 Å². The highest BCUT2D eigenvalue weighted by Crippen LogP contribution is 2.28. The zero-order chi connectivity index (χ0) is 16.8. The van der Waals surface area contributed by atoms with Gasteiger partial charge in [-0.2, -0.15) is 0 Å². The van der Waals surface area contributed by atoms with Crippen molar-refractivity contribution >= 4 is 23.3 Å². The maximum Gasteiger partial charge on any atom is 0.319 e. The van der Waals surface area contributed by atoms with E-state index in [2.05, 4.69) is 22.9 Å². The summed E-state index contributed by atoms with van der Waals surface area (Å²) in [6, 6.07) is 5.16. The SMILES string of the molecule is COc1cc(NC(=O)NC2CCC(C)CC2)ccc1NC(C)=O. The molecule has 0 heterocycles. The summed E-state index contributed by atoms with van der Waals surface area (Å²) in [5.41, 5.74) is 1.20. The molecule has 2 rings (SSSR count). The number of urea groups is 1. The molecule has 3 N–H and O–H groups in total. The Morgan fingerprint density at radius 1 is 1.13 bits per heavy atom. The van der Waals surface area contributed by atoms with E-state index in [4.69, 9.17) is 4.74 Å². The molecule has 1 aliphatic rings. The van der Waals surface area contributed by atoms with Gasteiger partial charge in [-0.25, -0.2) is 4.79 Å². The average molecular weight is 319 g/mol. The minimum atomic E-state index is -0.209. The van der Waals surface area contributed by atoms with Gasteiger partial charge < -0.3 is 20.7 Å². The van der Waals surface area contributed by atoms with Crippen LogP contribution in [-0.4, -0.2) is 25.1 Å². The van der Waals surface area contributed by atoms with E-state index < -0.39 is 0 Å². The number of amides is 3. The van der Waals surface area contributed by atoms with Crippen molar-refractivity contribution in [3.63, 3.8) is 0 Å². The monoisotopic (exact) mass is 319 g/mol. The lowest BCUT2D eigenvalue weighted by molar-refractivity contribution is -0.114. The smallest absolute Gasteiger partial charge is 0.319 e. The number of carbonyl (C=O) groups excluding carboxylic acids is 2. The Morgan fingerprint density at radius 3 is 2.43 bits per heavy atom. The van der Waals surface area contributed by atoms with Crippen LogP contribution in [0.15, 0.2) is 18.2 Å². The molecule has 6 nitrogen and oxygen atoms in total. The Hall–Kier alpha value is -2.24. The molecule has 1 fully saturated rings. The van der Waals surface area contributed by atoms with Gasteiger partial charge in [0.15, 0.2) is 0 Å². The largest absolute Gasteiger partial charge is 0.494 e. The minimum Gasteiger partial charge on any atom is -0.494 e. The molecule has 0 aliphatic heterocycles. The first-order valence-corrected chi connectivity index (χ1v) is 8.01. The molecule has 0 aromatic heterocycles. The summed E-state index contributed by atoms with van der Waals surface area (Å²) in [5.74, 6) is 1.08. The van der Waals surface area contributed by atoms with Gasteiger partial charge in [-0.05, 0) is 43.7 Å². The first-order valence-electron chi connectivity index (χ1n) is 8.01. The Balaban J connectivity index is 1.94. The van der Waals surface area contributed by atoms with E-state index in [-0.39, 0.29) is 18.0 Å². The van der Waals surface area contributed by atoms with Gasteiger partial charge in [0.2, 0.25) is 5.91 Å². The summed E-state index contributed by atoms with van der Waals surface area (Å²) in [7, 11) is 1.52. The van der Waals surface area contributed by atoms with Gasteiger partial charge in [-0.3, -0.25) is 4.79 Å². The molecule has 0 saturated heterocycles. The van der Waals surface area contributed by atoms with Crippen molar-refractivity contribution in [3.05, 3.63) is 18.2 Å². The maximum atomic E-state index is 12.1. The van der Waals surface area contributed by atoms with Crippen molar-refractivity contribution in [1.29, 1.82) is 0 Å². The Morgan fingerprint density at radius 2 is 1.83 bits per heavy atom. The summed E-state index contributed by atoms with van der Waals surface area (Å²) in [4.78, 5) is 23.2. The lowest BCUT2D eigenvalue weighted by atomic mass is 9.87. The van der Waals surface area contributed by atoms with Crippen LogP contribution in [0.3, 0.4) is 0 Å². The zero-order valence-corrected chi connectivity index (χ0v) is 13.9. The second kappa shape index (κ2) is 7.85. The highest BCUT2D eigenvalue weighted by molar-refractivity contribution is 5.93. The number of hydrogen-bond acceptors (Lipinski definition) is 3. The highest BCUT2D eigenvalue weighted by atomic mass is 16.5. The second-order valence-electron chi connectivity index (χ2n) is 6.15. The van der Waals surface area contributed by atoms with Gasteiger partial charge in [0.1, 0.15) is 5.75 Å². The summed E-state index contributed by atoms with van der Waals surface area (Å²) >= 11 is 0. The third-order valence-corrected chi connectivity index (χ3v) is 4.12. The summed E-state index contributed by atoms with van der Waals surface area (Å²) in [5, 5.41) is 8.51. The van der Waals surface area contributed by atoms with Crippen LogP contribution in [0.1, 0.15) is 39.5 Å². The number of benzene rings is 1. The molecule has 1 saturated carbocycles. The highest BCUT2D eigenvalue weighted by Gasteiger charge is 2.19. The summed E-state index contributed by atoms with van der Waals surface area (Å²) < 4.78 is 5.24. The molecule has 1 aliphatic carbocycles. The molecule has 3 amide bonds. The van der Waals surface area contributed by atoms with Gasteiger partial charge >= 0.3 is 6.03 Å². The van der Waals surface area contributed by atoms with E-state index in [1.54, 1.807) is 18.2 Å². The summed E-state index contributed by atoms with van der Waals surface area (Å²) in [6.45, 7) is 3.68. The van der Waals surface area contributed by atoms with E-state index in [0.29, 0.717) is 17.1 Å². The molecule has 126 valence electrons. The Bertz CT molecular complexity index is 566. The summed E-state index contributed by atoms with van der Waals surface area (Å²) in [6.07, 6.45) is 4.37. The fourth-order valence-corrected chi connectivity index (χ4v) is 2.82. The number of nitrogens with one attached hydrogen (secondary N) is 3. The lowest BCUT2D eigenvalue weighted by Gasteiger charge is -2.27. The van der Waals surface area contributed by atoms with Crippen LogP contribution in [0.25, 0.3) is 0 Å². The maximum absolute atomic E-state index is 12.1. The lowest BCUT2D eigenvalue weighted by Crippen LogP contribution is -2.39. The molecule has 0 spiro atoms. The predicted octanol–water partition coefficient (Wildman–Crippen LogP) is 3.35. The van der Waals surface area contributed by atoms with Crippen LogP contribution >= 0.6 is 0 Å². The molecule has 0 radical (unpaired) electrons. The van der Waals surface area contributed by atoms with Crippen LogP contribution in [0.5, 0.6) is 5.75 Å². The number of carbonyl (C=O) groups is 2. The average Bonchev–Trinajstić information content (AvgIpc) is 2.50. The molecule has 0 bridgehead atoms. The number of rotatable bonds is 4. The van der Waals surface area contributed by atoms with Gasteiger partial charge in [-0.15, -0.1) is 0 Å². The molecule has 6 heteroatoms.